The van der Waals surface area contributed by atoms with Crippen molar-refractivity contribution < 1.29 is 13.3 Å². The molecule has 0 aliphatic carbocycles. The van der Waals surface area contributed by atoms with Gasteiger partial charge in [0.15, 0.2) is 0 Å². The van der Waals surface area contributed by atoms with Crippen LogP contribution in [0, 0.1) is 16.0 Å². The predicted molar refractivity (Wildman–Crippen MR) is 78.5 cm³/mol. The summed E-state index contributed by atoms with van der Waals surface area (Å²) in [6, 6.07) is 4.98. The highest BCUT2D eigenvalue weighted by molar-refractivity contribution is 7.89. The third-order valence-electron chi connectivity index (χ3n) is 3.67. The second kappa shape index (κ2) is 6.50. The average molecular weight is 313 g/mol. The molecule has 1 aromatic rings. The first-order valence-corrected chi connectivity index (χ1v) is 8.27. The number of non-ortho nitro benzene ring substituents is 1. The maximum Gasteiger partial charge on any atom is 0.269 e. The van der Waals surface area contributed by atoms with Gasteiger partial charge in [-0.25, -0.2) is 12.7 Å². The Kier molecular flexibility index (Phi) is 4.92. The number of piperidine rings is 1. The third kappa shape index (κ3) is 3.78. The van der Waals surface area contributed by atoms with Crippen molar-refractivity contribution in [2.45, 2.75) is 17.7 Å². The van der Waals surface area contributed by atoms with E-state index in [4.69, 9.17) is 0 Å². The molecule has 1 heterocycles. The molecule has 0 radical (unpaired) electrons. The molecule has 1 aromatic carbocycles. The van der Waals surface area contributed by atoms with E-state index in [2.05, 4.69) is 5.32 Å². The van der Waals surface area contributed by atoms with Gasteiger partial charge in [0, 0.05) is 25.7 Å². The first kappa shape index (κ1) is 15.9. The summed E-state index contributed by atoms with van der Waals surface area (Å²) in [5.74, 6) is 0.302. The van der Waals surface area contributed by atoms with Crippen LogP contribution in [0.5, 0.6) is 0 Å². The molecule has 0 amide bonds. The van der Waals surface area contributed by atoms with E-state index in [0.717, 1.165) is 25.9 Å². The lowest BCUT2D eigenvalue weighted by atomic mass is 10.00. The van der Waals surface area contributed by atoms with Gasteiger partial charge in [0.25, 0.3) is 5.69 Å². The highest BCUT2D eigenvalue weighted by atomic mass is 32.2. The summed E-state index contributed by atoms with van der Waals surface area (Å²) in [6.07, 6.45) is 2.06. The first-order valence-electron chi connectivity index (χ1n) is 6.83. The Labute approximate surface area is 124 Å². The summed E-state index contributed by atoms with van der Waals surface area (Å²) < 4.78 is 26.2. The highest BCUT2D eigenvalue weighted by Gasteiger charge is 2.25. The van der Waals surface area contributed by atoms with Crippen LogP contribution in [0.15, 0.2) is 29.2 Å². The zero-order chi connectivity index (χ0) is 15.5. The molecule has 0 saturated carbocycles. The molecule has 21 heavy (non-hydrogen) atoms. The van der Waals surface area contributed by atoms with Crippen molar-refractivity contribution in [2.75, 3.05) is 26.7 Å². The normalized spacial score (nSPS) is 19.6. The van der Waals surface area contributed by atoms with E-state index < -0.39 is 14.9 Å². The van der Waals surface area contributed by atoms with Crippen LogP contribution in [-0.2, 0) is 10.0 Å². The number of nitro groups is 1. The summed E-state index contributed by atoms with van der Waals surface area (Å²) in [7, 11) is -2.05. The van der Waals surface area contributed by atoms with Gasteiger partial charge in [-0.1, -0.05) is 0 Å². The lowest BCUT2D eigenvalue weighted by Crippen LogP contribution is -2.39. The fraction of sp³-hybridized carbons (Fsp3) is 0.538. The van der Waals surface area contributed by atoms with Crippen LogP contribution < -0.4 is 5.32 Å². The van der Waals surface area contributed by atoms with Crippen LogP contribution in [0.4, 0.5) is 5.69 Å². The molecule has 8 heteroatoms. The Morgan fingerprint density at radius 3 is 2.57 bits per heavy atom. The Morgan fingerprint density at radius 2 is 2.05 bits per heavy atom. The van der Waals surface area contributed by atoms with Gasteiger partial charge in [0.2, 0.25) is 10.0 Å². The van der Waals surface area contributed by atoms with Gasteiger partial charge in [0.05, 0.1) is 9.82 Å². The van der Waals surface area contributed by atoms with Crippen molar-refractivity contribution in [3.8, 4) is 0 Å². The quantitative estimate of drug-likeness (QED) is 0.651. The number of rotatable bonds is 5. The molecule has 2 rings (SSSR count). The van der Waals surface area contributed by atoms with E-state index in [-0.39, 0.29) is 10.6 Å². The minimum atomic E-state index is -3.60. The molecule has 1 aliphatic rings. The molecular formula is C13H19N3O4S. The molecule has 116 valence electrons. The van der Waals surface area contributed by atoms with Gasteiger partial charge in [-0.05, 0) is 44.0 Å². The van der Waals surface area contributed by atoms with Crippen molar-refractivity contribution in [2.24, 2.45) is 5.92 Å². The van der Waals surface area contributed by atoms with Crippen LogP contribution in [0.2, 0.25) is 0 Å². The number of nitro benzene ring substituents is 1. The molecule has 1 N–H and O–H groups in total. The van der Waals surface area contributed by atoms with Crippen LogP contribution in [0.1, 0.15) is 12.8 Å². The zero-order valence-electron chi connectivity index (χ0n) is 11.9. The molecule has 1 fully saturated rings. The predicted octanol–water partition coefficient (Wildman–Crippen LogP) is 1.21. The third-order valence-corrected chi connectivity index (χ3v) is 5.51. The van der Waals surface area contributed by atoms with E-state index in [1.165, 1.54) is 28.6 Å². The molecule has 1 atom stereocenters. The van der Waals surface area contributed by atoms with E-state index in [1.54, 1.807) is 7.05 Å². The standard InChI is InChI=1S/C13H19N3O4S/c1-15(10-11-3-2-8-14-9-11)21(19,20)13-6-4-12(5-7-13)16(17)18/h4-7,11,14H,2-3,8-10H2,1H3/t11-/m0/s1. The maximum absolute atomic E-state index is 12.4. The first-order chi connectivity index (χ1) is 9.91. The smallest absolute Gasteiger partial charge is 0.269 e. The second-order valence-electron chi connectivity index (χ2n) is 5.25. The highest BCUT2D eigenvalue weighted by Crippen LogP contribution is 2.20. The topological polar surface area (TPSA) is 92.6 Å². The van der Waals surface area contributed by atoms with Gasteiger partial charge in [-0.15, -0.1) is 0 Å². The maximum atomic E-state index is 12.4. The van der Waals surface area contributed by atoms with E-state index in [0.29, 0.717) is 12.5 Å². The summed E-state index contributed by atoms with van der Waals surface area (Å²) in [5.41, 5.74) is -0.118. The number of nitrogens with zero attached hydrogens (tertiary/aromatic N) is 2. The van der Waals surface area contributed by atoms with Gasteiger partial charge in [0.1, 0.15) is 0 Å². The Bertz CT molecular complexity index is 594. The molecule has 0 bridgehead atoms. The number of sulfonamides is 1. The van der Waals surface area contributed by atoms with Crippen molar-refractivity contribution in [1.29, 1.82) is 0 Å². The second-order valence-corrected chi connectivity index (χ2v) is 7.29. The van der Waals surface area contributed by atoms with Gasteiger partial charge in [-0.2, -0.15) is 0 Å². The van der Waals surface area contributed by atoms with Gasteiger partial charge >= 0.3 is 0 Å². The molecule has 1 aliphatic heterocycles. The number of hydrogen-bond donors (Lipinski definition) is 1. The summed E-state index contributed by atoms with van der Waals surface area (Å²) in [5, 5.41) is 13.9. The van der Waals surface area contributed by atoms with Crippen LogP contribution in [0.25, 0.3) is 0 Å². The van der Waals surface area contributed by atoms with Gasteiger partial charge in [-0.3, -0.25) is 10.1 Å². The lowest BCUT2D eigenvalue weighted by molar-refractivity contribution is -0.384. The number of hydrogen-bond acceptors (Lipinski definition) is 5. The average Bonchev–Trinajstić information content (AvgIpc) is 2.48. The van der Waals surface area contributed by atoms with Crippen LogP contribution in [0.3, 0.4) is 0 Å². The SMILES string of the molecule is CN(C[C@H]1CCCNC1)S(=O)(=O)c1ccc([N+](=O)[O-])cc1. The zero-order valence-corrected chi connectivity index (χ0v) is 12.7. The van der Waals surface area contributed by atoms with Crippen molar-refractivity contribution >= 4 is 15.7 Å². The summed E-state index contributed by atoms with van der Waals surface area (Å²) in [4.78, 5) is 10.1. The molecule has 1 saturated heterocycles. The molecule has 0 unspecified atom stereocenters. The Balaban J connectivity index is 2.10. The Morgan fingerprint density at radius 1 is 1.38 bits per heavy atom. The molecule has 7 nitrogen and oxygen atoms in total. The minimum absolute atomic E-state index is 0.0827. The van der Waals surface area contributed by atoms with Crippen LogP contribution >= 0.6 is 0 Å². The fourth-order valence-electron chi connectivity index (χ4n) is 2.46. The summed E-state index contributed by atoms with van der Waals surface area (Å²) in [6.45, 7) is 2.25. The van der Waals surface area contributed by atoms with Crippen molar-refractivity contribution in [1.82, 2.24) is 9.62 Å². The van der Waals surface area contributed by atoms with E-state index >= 15 is 0 Å². The number of benzene rings is 1. The summed E-state index contributed by atoms with van der Waals surface area (Å²) >= 11 is 0. The lowest BCUT2D eigenvalue weighted by Gasteiger charge is -2.27. The molecule has 0 aromatic heterocycles. The van der Waals surface area contributed by atoms with Crippen molar-refractivity contribution in [3.63, 3.8) is 0 Å². The Hall–Kier alpha value is -1.51. The molecular weight excluding hydrogens is 294 g/mol. The monoisotopic (exact) mass is 313 g/mol. The van der Waals surface area contributed by atoms with Crippen LogP contribution in [-0.4, -0.2) is 44.3 Å². The fourth-order valence-corrected chi connectivity index (χ4v) is 3.71. The minimum Gasteiger partial charge on any atom is -0.316 e. The van der Waals surface area contributed by atoms with E-state index in [1.807, 2.05) is 0 Å². The van der Waals surface area contributed by atoms with E-state index in [9.17, 15) is 18.5 Å². The largest absolute Gasteiger partial charge is 0.316 e. The number of nitrogens with one attached hydrogen (secondary N) is 1. The molecule has 0 spiro atoms. The van der Waals surface area contributed by atoms with Crippen molar-refractivity contribution in [3.05, 3.63) is 34.4 Å². The van der Waals surface area contributed by atoms with Gasteiger partial charge < -0.3 is 5.32 Å².